The minimum atomic E-state index is -3.05. The van der Waals surface area contributed by atoms with E-state index < -0.39 is 10.0 Å². The fourth-order valence-electron chi connectivity index (χ4n) is 1.35. The molecule has 13 heavy (non-hydrogen) atoms. The molecule has 76 valence electrons. The number of nitrogens with zero attached hydrogens (tertiary/aromatic N) is 2. The largest absolute Gasteiger partial charge is 0.302 e. The van der Waals surface area contributed by atoms with Crippen LogP contribution in [0.2, 0.25) is 0 Å². The van der Waals surface area contributed by atoms with Gasteiger partial charge in [-0.1, -0.05) is 0 Å². The van der Waals surface area contributed by atoms with Crippen molar-refractivity contribution in [1.29, 1.82) is 0 Å². The number of rotatable bonds is 3. The molecule has 0 aromatic rings. The molecule has 1 rings (SSSR count). The van der Waals surface area contributed by atoms with E-state index in [9.17, 15) is 13.2 Å². The Bertz CT molecular complexity index is 267. The quantitative estimate of drug-likeness (QED) is 0.542. The third-order valence-electron chi connectivity index (χ3n) is 2.13. The Hall–Kier alpha value is -0.460. The second kappa shape index (κ2) is 4.17. The maximum Gasteiger partial charge on any atom is 0.211 e. The van der Waals surface area contributed by atoms with Gasteiger partial charge in [0.15, 0.2) is 0 Å². The SMILES string of the molecule is CS(=O)(=O)N1CCN(CC=O)CC1. The van der Waals surface area contributed by atoms with E-state index in [1.165, 1.54) is 10.6 Å². The van der Waals surface area contributed by atoms with Gasteiger partial charge < -0.3 is 4.79 Å². The molecule has 0 amide bonds. The number of hydrogen-bond donors (Lipinski definition) is 0. The van der Waals surface area contributed by atoms with E-state index >= 15 is 0 Å². The van der Waals surface area contributed by atoms with Gasteiger partial charge in [0.05, 0.1) is 12.8 Å². The van der Waals surface area contributed by atoms with Crippen LogP contribution in [0.1, 0.15) is 0 Å². The van der Waals surface area contributed by atoms with Crippen molar-refractivity contribution in [3.63, 3.8) is 0 Å². The summed E-state index contributed by atoms with van der Waals surface area (Å²) in [5.41, 5.74) is 0. The lowest BCUT2D eigenvalue weighted by Crippen LogP contribution is -2.48. The summed E-state index contributed by atoms with van der Waals surface area (Å²) in [5.74, 6) is 0. The fourth-order valence-corrected chi connectivity index (χ4v) is 2.18. The highest BCUT2D eigenvalue weighted by atomic mass is 32.2. The maximum absolute atomic E-state index is 11.1. The Labute approximate surface area is 78.4 Å². The average Bonchev–Trinajstić information content (AvgIpc) is 2.04. The van der Waals surface area contributed by atoms with Crippen molar-refractivity contribution in [2.75, 3.05) is 39.0 Å². The third-order valence-corrected chi connectivity index (χ3v) is 3.44. The van der Waals surface area contributed by atoms with E-state index in [2.05, 4.69) is 0 Å². The highest BCUT2D eigenvalue weighted by molar-refractivity contribution is 7.88. The Morgan fingerprint density at radius 3 is 2.15 bits per heavy atom. The molecule has 0 spiro atoms. The Morgan fingerprint density at radius 2 is 1.77 bits per heavy atom. The number of carbonyl (C=O) groups is 1. The van der Waals surface area contributed by atoms with Crippen LogP contribution in [0.15, 0.2) is 0 Å². The van der Waals surface area contributed by atoms with Crippen LogP contribution in [-0.4, -0.2) is 62.9 Å². The molecular formula is C7H14N2O3S. The lowest BCUT2D eigenvalue weighted by Gasteiger charge is -2.31. The van der Waals surface area contributed by atoms with E-state index in [-0.39, 0.29) is 0 Å². The van der Waals surface area contributed by atoms with Crippen LogP contribution in [0.3, 0.4) is 0 Å². The molecule has 1 fully saturated rings. The summed E-state index contributed by atoms with van der Waals surface area (Å²) in [6.45, 7) is 2.68. The van der Waals surface area contributed by atoms with Gasteiger partial charge in [0, 0.05) is 26.2 Å². The first-order valence-corrected chi connectivity index (χ1v) is 6.00. The van der Waals surface area contributed by atoms with Gasteiger partial charge in [0.25, 0.3) is 0 Å². The monoisotopic (exact) mass is 206 g/mol. The molecule has 0 radical (unpaired) electrons. The predicted molar refractivity (Wildman–Crippen MR) is 48.9 cm³/mol. The van der Waals surface area contributed by atoms with Crippen molar-refractivity contribution in [2.24, 2.45) is 0 Å². The molecule has 0 aromatic carbocycles. The summed E-state index contributed by atoms with van der Waals surface area (Å²) in [6, 6.07) is 0. The Balaban J connectivity index is 2.43. The predicted octanol–water partition coefficient (Wildman–Crippen LogP) is -1.24. The first-order chi connectivity index (χ1) is 6.04. The second-order valence-corrected chi connectivity index (χ2v) is 5.11. The number of piperazine rings is 1. The lowest BCUT2D eigenvalue weighted by atomic mass is 10.4. The molecule has 1 saturated heterocycles. The van der Waals surface area contributed by atoms with E-state index in [4.69, 9.17) is 0 Å². The fraction of sp³-hybridized carbons (Fsp3) is 0.857. The summed E-state index contributed by atoms with van der Waals surface area (Å²) in [6.07, 6.45) is 2.05. The van der Waals surface area contributed by atoms with Crippen molar-refractivity contribution >= 4 is 16.3 Å². The molecule has 1 aliphatic heterocycles. The van der Waals surface area contributed by atoms with Gasteiger partial charge >= 0.3 is 0 Å². The van der Waals surface area contributed by atoms with Gasteiger partial charge in [-0.2, -0.15) is 4.31 Å². The number of aldehydes is 1. The molecule has 0 N–H and O–H groups in total. The summed E-state index contributed by atoms with van der Waals surface area (Å²) in [5, 5.41) is 0. The Morgan fingerprint density at radius 1 is 1.23 bits per heavy atom. The van der Waals surface area contributed by atoms with E-state index in [1.54, 1.807) is 0 Å². The van der Waals surface area contributed by atoms with E-state index in [0.29, 0.717) is 32.7 Å². The molecule has 0 aromatic heterocycles. The molecule has 0 aliphatic carbocycles. The van der Waals surface area contributed by atoms with Gasteiger partial charge in [-0.25, -0.2) is 8.42 Å². The van der Waals surface area contributed by atoms with Crippen molar-refractivity contribution in [3.8, 4) is 0 Å². The van der Waals surface area contributed by atoms with E-state index in [1.807, 2.05) is 4.90 Å². The lowest BCUT2D eigenvalue weighted by molar-refractivity contribution is -0.109. The molecule has 0 atom stereocenters. The number of carbonyl (C=O) groups excluding carboxylic acids is 1. The minimum Gasteiger partial charge on any atom is -0.302 e. The van der Waals surface area contributed by atoms with Crippen LogP contribution < -0.4 is 0 Å². The van der Waals surface area contributed by atoms with E-state index in [0.717, 1.165) is 6.29 Å². The topological polar surface area (TPSA) is 57.7 Å². The van der Waals surface area contributed by atoms with Gasteiger partial charge in [0.2, 0.25) is 10.0 Å². The molecular weight excluding hydrogens is 192 g/mol. The normalized spacial score (nSPS) is 21.6. The second-order valence-electron chi connectivity index (χ2n) is 3.13. The van der Waals surface area contributed by atoms with Crippen molar-refractivity contribution in [2.45, 2.75) is 0 Å². The van der Waals surface area contributed by atoms with Gasteiger partial charge in [-0.3, -0.25) is 4.90 Å². The summed E-state index contributed by atoms with van der Waals surface area (Å²) < 4.78 is 23.6. The first-order valence-electron chi connectivity index (χ1n) is 4.15. The van der Waals surface area contributed by atoms with Crippen molar-refractivity contribution < 1.29 is 13.2 Å². The third kappa shape index (κ3) is 3.06. The average molecular weight is 206 g/mol. The molecule has 0 unspecified atom stereocenters. The van der Waals surface area contributed by atoms with Crippen LogP contribution in [0.25, 0.3) is 0 Å². The summed E-state index contributed by atoms with van der Waals surface area (Å²) >= 11 is 0. The Kier molecular flexibility index (Phi) is 3.40. The zero-order chi connectivity index (χ0) is 9.90. The van der Waals surface area contributed by atoms with Gasteiger partial charge in [-0.15, -0.1) is 0 Å². The van der Waals surface area contributed by atoms with Gasteiger partial charge in [-0.05, 0) is 0 Å². The van der Waals surface area contributed by atoms with Crippen LogP contribution >= 0.6 is 0 Å². The number of sulfonamides is 1. The smallest absolute Gasteiger partial charge is 0.211 e. The highest BCUT2D eigenvalue weighted by Crippen LogP contribution is 2.04. The molecule has 0 bridgehead atoms. The van der Waals surface area contributed by atoms with Crippen LogP contribution in [0.4, 0.5) is 0 Å². The maximum atomic E-state index is 11.1. The zero-order valence-corrected chi connectivity index (χ0v) is 8.46. The summed E-state index contributed by atoms with van der Waals surface area (Å²) in [7, 11) is -3.05. The standard InChI is InChI=1S/C7H14N2O3S/c1-13(11,12)9-4-2-8(3-5-9)6-7-10/h7H,2-6H2,1H3. The zero-order valence-electron chi connectivity index (χ0n) is 7.64. The summed E-state index contributed by atoms with van der Waals surface area (Å²) in [4.78, 5) is 12.1. The van der Waals surface area contributed by atoms with Gasteiger partial charge in [0.1, 0.15) is 6.29 Å². The molecule has 0 saturated carbocycles. The first kappa shape index (κ1) is 10.6. The van der Waals surface area contributed by atoms with Crippen molar-refractivity contribution in [3.05, 3.63) is 0 Å². The molecule has 5 nitrogen and oxygen atoms in total. The van der Waals surface area contributed by atoms with Crippen molar-refractivity contribution in [1.82, 2.24) is 9.21 Å². The highest BCUT2D eigenvalue weighted by Gasteiger charge is 2.22. The molecule has 1 heterocycles. The van der Waals surface area contributed by atoms with Crippen LogP contribution in [-0.2, 0) is 14.8 Å². The number of hydrogen-bond acceptors (Lipinski definition) is 4. The van der Waals surface area contributed by atoms with Crippen LogP contribution in [0, 0.1) is 0 Å². The minimum absolute atomic E-state index is 0.400. The molecule has 6 heteroatoms. The molecule has 1 aliphatic rings. The van der Waals surface area contributed by atoms with Crippen LogP contribution in [0.5, 0.6) is 0 Å².